The molecule has 1 saturated carbocycles. The van der Waals surface area contributed by atoms with Crippen LogP contribution in [0.4, 0.5) is 23.7 Å². The number of fused-ring (bicyclic) bond motifs is 2. The van der Waals surface area contributed by atoms with Crippen molar-refractivity contribution in [3.8, 4) is 11.5 Å². The molecule has 1 aliphatic carbocycles. The molecule has 2 aromatic carbocycles. The normalized spacial score (nSPS) is 20.8. The number of amidine groups is 1. The van der Waals surface area contributed by atoms with Crippen LogP contribution in [0.1, 0.15) is 50.2 Å². The average molecular weight is 487 g/mol. The van der Waals surface area contributed by atoms with Gasteiger partial charge >= 0.3 is 12.2 Å². The fourth-order valence-corrected chi connectivity index (χ4v) is 5.09. The van der Waals surface area contributed by atoms with Gasteiger partial charge in [-0.25, -0.2) is 9.79 Å². The number of urea groups is 1. The van der Waals surface area contributed by atoms with E-state index in [-0.39, 0.29) is 23.9 Å². The summed E-state index contributed by atoms with van der Waals surface area (Å²) in [6.07, 6.45) is 1.13. The Morgan fingerprint density at radius 3 is 2.57 bits per heavy atom. The lowest BCUT2D eigenvalue weighted by Gasteiger charge is -2.41. The van der Waals surface area contributed by atoms with Crippen LogP contribution in [0.5, 0.6) is 11.5 Å². The molecule has 1 atom stereocenters. The SMILES string of the molecule is C[C@@H]1CN(C2=Nc3ccc(C(F)(F)F)cc3Oc3ccccc32)CCN1C(=O)NC1CCCCC1. The van der Waals surface area contributed by atoms with E-state index in [1.807, 2.05) is 24.0 Å². The fourth-order valence-electron chi connectivity index (χ4n) is 5.09. The van der Waals surface area contributed by atoms with Crippen LogP contribution in [0.25, 0.3) is 0 Å². The van der Waals surface area contributed by atoms with Crippen molar-refractivity contribution in [1.82, 2.24) is 15.1 Å². The molecule has 0 radical (unpaired) electrons. The molecule has 35 heavy (non-hydrogen) atoms. The molecule has 0 spiro atoms. The smallest absolute Gasteiger partial charge is 0.416 e. The fraction of sp³-hybridized carbons (Fsp3) is 0.462. The summed E-state index contributed by atoms with van der Waals surface area (Å²) in [6.45, 7) is 3.66. The number of benzene rings is 2. The maximum absolute atomic E-state index is 13.3. The third-order valence-electron chi connectivity index (χ3n) is 6.98. The number of ether oxygens (including phenoxy) is 1. The first-order valence-corrected chi connectivity index (χ1v) is 12.2. The highest BCUT2D eigenvalue weighted by Crippen LogP contribution is 2.42. The van der Waals surface area contributed by atoms with Crippen LogP contribution in [-0.4, -0.2) is 53.4 Å². The predicted octanol–water partition coefficient (Wildman–Crippen LogP) is 5.94. The highest BCUT2D eigenvalue weighted by molar-refractivity contribution is 6.04. The van der Waals surface area contributed by atoms with Crippen LogP contribution in [0.2, 0.25) is 0 Å². The number of hydrogen-bond donors (Lipinski definition) is 1. The number of halogens is 3. The van der Waals surface area contributed by atoms with Gasteiger partial charge < -0.3 is 19.9 Å². The first-order valence-electron chi connectivity index (χ1n) is 12.2. The van der Waals surface area contributed by atoms with E-state index in [0.29, 0.717) is 42.5 Å². The molecule has 2 heterocycles. The molecule has 6 nitrogen and oxygen atoms in total. The molecule has 0 bridgehead atoms. The Bertz CT molecular complexity index is 1130. The first-order chi connectivity index (χ1) is 16.8. The number of rotatable bonds is 1. The highest BCUT2D eigenvalue weighted by atomic mass is 19.4. The van der Waals surface area contributed by atoms with E-state index in [1.165, 1.54) is 12.5 Å². The first kappa shape index (κ1) is 23.5. The Hall–Kier alpha value is -3.23. The Morgan fingerprint density at radius 1 is 1.06 bits per heavy atom. The Kier molecular flexibility index (Phi) is 6.34. The highest BCUT2D eigenvalue weighted by Gasteiger charge is 2.34. The number of carbonyl (C=O) groups excluding carboxylic acids is 1. The number of aliphatic imine (C=N–C) groups is 1. The standard InChI is InChI=1S/C26H29F3N4O2/c1-17-16-32(13-14-33(17)25(34)30-19-7-3-2-4-8-19)24-20-9-5-6-10-22(20)35-23-15-18(26(27,28)29)11-12-21(23)31-24/h5-6,9-12,15,17,19H,2-4,7-8,13-14,16H2,1H3,(H,30,34)/t17-/m1/s1. The number of piperazine rings is 1. The number of amides is 2. The van der Waals surface area contributed by atoms with Gasteiger partial charge in [0.25, 0.3) is 0 Å². The lowest BCUT2D eigenvalue weighted by molar-refractivity contribution is -0.137. The topological polar surface area (TPSA) is 57.2 Å². The van der Waals surface area contributed by atoms with E-state index < -0.39 is 11.7 Å². The number of carbonyl (C=O) groups is 1. The predicted molar refractivity (Wildman–Crippen MR) is 127 cm³/mol. The maximum Gasteiger partial charge on any atom is 0.416 e. The van der Waals surface area contributed by atoms with Crippen LogP contribution >= 0.6 is 0 Å². The molecule has 2 aliphatic heterocycles. The summed E-state index contributed by atoms with van der Waals surface area (Å²) in [6, 6.07) is 10.8. The van der Waals surface area contributed by atoms with Crippen molar-refractivity contribution in [2.45, 2.75) is 57.3 Å². The summed E-state index contributed by atoms with van der Waals surface area (Å²) in [4.78, 5) is 21.7. The largest absolute Gasteiger partial charge is 0.454 e. The number of para-hydroxylation sites is 1. The molecule has 2 aromatic rings. The minimum absolute atomic E-state index is 0.0272. The number of hydrogen-bond acceptors (Lipinski definition) is 4. The average Bonchev–Trinajstić information content (AvgIpc) is 3.00. The third kappa shape index (κ3) is 4.94. The van der Waals surface area contributed by atoms with Gasteiger partial charge in [-0.1, -0.05) is 31.4 Å². The minimum Gasteiger partial charge on any atom is -0.454 e. The van der Waals surface area contributed by atoms with Gasteiger partial charge in [-0.15, -0.1) is 0 Å². The zero-order chi connectivity index (χ0) is 24.6. The van der Waals surface area contributed by atoms with Crippen molar-refractivity contribution in [3.63, 3.8) is 0 Å². The van der Waals surface area contributed by atoms with Crippen LogP contribution in [-0.2, 0) is 6.18 Å². The van der Waals surface area contributed by atoms with E-state index >= 15 is 0 Å². The third-order valence-corrected chi connectivity index (χ3v) is 6.98. The van der Waals surface area contributed by atoms with E-state index in [1.54, 1.807) is 12.1 Å². The molecule has 186 valence electrons. The van der Waals surface area contributed by atoms with E-state index in [0.717, 1.165) is 37.8 Å². The molecule has 0 aromatic heterocycles. The molecule has 3 aliphatic rings. The Morgan fingerprint density at radius 2 is 1.83 bits per heavy atom. The summed E-state index contributed by atoms with van der Waals surface area (Å²) in [5, 5.41) is 3.20. The second-order valence-corrected chi connectivity index (χ2v) is 9.49. The molecule has 1 saturated heterocycles. The molecule has 0 unspecified atom stereocenters. The van der Waals surface area contributed by atoms with Gasteiger partial charge in [-0.2, -0.15) is 13.2 Å². The summed E-state index contributed by atoms with van der Waals surface area (Å²) in [5.74, 6) is 1.16. The van der Waals surface area contributed by atoms with Crippen molar-refractivity contribution in [2.24, 2.45) is 4.99 Å². The lowest BCUT2D eigenvalue weighted by Crippen LogP contribution is -2.58. The second kappa shape index (κ2) is 9.43. The monoisotopic (exact) mass is 486 g/mol. The van der Waals surface area contributed by atoms with Crippen molar-refractivity contribution >= 4 is 17.6 Å². The van der Waals surface area contributed by atoms with Crippen molar-refractivity contribution < 1.29 is 22.7 Å². The van der Waals surface area contributed by atoms with Gasteiger partial charge in [0.05, 0.1) is 11.1 Å². The molecular formula is C26H29F3N4O2. The number of nitrogens with one attached hydrogen (secondary N) is 1. The van der Waals surface area contributed by atoms with Crippen molar-refractivity contribution in [1.29, 1.82) is 0 Å². The zero-order valence-electron chi connectivity index (χ0n) is 19.6. The molecule has 9 heteroatoms. The van der Waals surface area contributed by atoms with E-state index in [4.69, 9.17) is 9.73 Å². The molecule has 2 fully saturated rings. The summed E-state index contributed by atoms with van der Waals surface area (Å²) in [7, 11) is 0. The van der Waals surface area contributed by atoms with Gasteiger partial charge in [-0.3, -0.25) is 0 Å². The van der Waals surface area contributed by atoms with Gasteiger partial charge in [0.1, 0.15) is 17.3 Å². The second-order valence-electron chi connectivity index (χ2n) is 9.49. The number of nitrogens with zero attached hydrogens (tertiary/aromatic N) is 3. The molecule has 2 amide bonds. The van der Waals surface area contributed by atoms with Crippen LogP contribution in [0.15, 0.2) is 47.5 Å². The zero-order valence-corrected chi connectivity index (χ0v) is 19.6. The van der Waals surface area contributed by atoms with Gasteiger partial charge in [-0.05, 0) is 50.1 Å². The summed E-state index contributed by atoms with van der Waals surface area (Å²) < 4.78 is 45.8. The van der Waals surface area contributed by atoms with E-state index in [2.05, 4.69) is 10.2 Å². The summed E-state index contributed by atoms with van der Waals surface area (Å²) >= 11 is 0. The minimum atomic E-state index is -4.47. The number of alkyl halides is 3. The van der Waals surface area contributed by atoms with Gasteiger partial charge in [0.15, 0.2) is 5.75 Å². The maximum atomic E-state index is 13.3. The van der Waals surface area contributed by atoms with Crippen molar-refractivity contribution in [3.05, 3.63) is 53.6 Å². The molecular weight excluding hydrogens is 457 g/mol. The van der Waals surface area contributed by atoms with Crippen molar-refractivity contribution in [2.75, 3.05) is 19.6 Å². The van der Waals surface area contributed by atoms with Crippen LogP contribution < -0.4 is 10.1 Å². The van der Waals surface area contributed by atoms with Gasteiger partial charge in [0, 0.05) is 31.7 Å². The quantitative estimate of drug-likeness (QED) is 0.543. The van der Waals surface area contributed by atoms with Crippen LogP contribution in [0, 0.1) is 0 Å². The molecule has 5 rings (SSSR count). The molecule has 1 N–H and O–H groups in total. The van der Waals surface area contributed by atoms with Gasteiger partial charge in [0.2, 0.25) is 0 Å². The Balaban J connectivity index is 1.39. The summed E-state index contributed by atoms with van der Waals surface area (Å²) in [5.41, 5.74) is 0.275. The lowest BCUT2D eigenvalue weighted by atomic mass is 9.96. The Labute approximate surface area is 202 Å². The van der Waals surface area contributed by atoms with Crippen LogP contribution in [0.3, 0.4) is 0 Å². The van der Waals surface area contributed by atoms with E-state index in [9.17, 15) is 18.0 Å².